The Balaban J connectivity index is 1.53. The first kappa shape index (κ1) is 22.3. The highest BCUT2D eigenvalue weighted by Crippen LogP contribution is 2.40. The topological polar surface area (TPSA) is 86.2 Å². The molecular weight excluding hydrogens is 444 g/mol. The number of rotatable bonds is 6. The van der Waals surface area contributed by atoms with Gasteiger partial charge in [0.15, 0.2) is 5.76 Å². The normalized spacial score (nSPS) is 16.3. The summed E-state index contributed by atoms with van der Waals surface area (Å²) in [5.74, 6) is 1.56. The van der Waals surface area contributed by atoms with Crippen LogP contribution in [0.25, 0.3) is 28.2 Å². The summed E-state index contributed by atoms with van der Waals surface area (Å²) in [7, 11) is -3.74. The molecule has 0 bridgehead atoms. The smallest absolute Gasteiger partial charge is 0.238 e. The maximum absolute atomic E-state index is 11.8. The monoisotopic (exact) mass is 470 g/mol. The van der Waals surface area contributed by atoms with Gasteiger partial charge < -0.3 is 4.42 Å². The first-order chi connectivity index (χ1) is 16.5. The second-order valence-electron chi connectivity index (χ2n) is 8.61. The molecule has 6 heteroatoms. The molecule has 1 aromatic heterocycles. The van der Waals surface area contributed by atoms with Crippen molar-refractivity contribution >= 4 is 15.6 Å². The van der Waals surface area contributed by atoms with Crippen LogP contribution in [0, 0.1) is 5.92 Å². The van der Waals surface area contributed by atoms with E-state index in [-0.39, 0.29) is 10.8 Å². The average molecular weight is 471 g/mol. The summed E-state index contributed by atoms with van der Waals surface area (Å²) in [4.78, 5) is 5.12. The lowest BCUT2D eigenvalue weighted by molar-refractivity contribution is 0.504. The summed E-state index contributed by atoms with van der Waals surface area (Å²) in [6, 6.07) is 27.0. The first-order valence-electron chi connectivity index (χ1n) is 11.4. The Bertz CT molecular complexity index is 1370. The van der Waals surface area contributed by atoms with E-state index in [1.54, 1.807) is 12.1 Å². The molecule has 0 radical (unpaired) electrons. The maximum atomic E-state index is 11.8. The van der Waals surface area contributed by atoms with Gasteiger partial charge in [-0.3, -0.25) is 0 Å². The van der Waals surface area contributed by atoms with Gasteiger partial charge in [-0.2, -0.15) is 0 Å². The third kappa shape index (κ3) is 4.74. The molecule has 34 heavy (non-hydrogen) atoms. The van der Waals surface area contributed by atoms with Crippen LogP contribution < -0.4 is 5.14 Å². The van der Waals surface area contributed by atoms with Crippen molar-refractivity contribution in [3.8, 4) is 22.6 Å². The molecule has 1 unspecified atom stereocenters. The fourth-order valence-corrected chi connectivity index (χ4v) is 5.16. The number of allylic oxidation sites excluding steroid dienone is 2. The Hall–Kier alpha value is -3.48. The van der Waals surface area contributed by atoms with Crippen LogP contribution in [0.15, 0.2) is 100 Å². The van der Waals surface area contributed by atoms with Crippen LogP contribution in [0.5, 0.6) is 0 Å². The number of nitrogens with zero attached hydrogens (tertiary/aromatic N) is 1. The quantitative estimate of drug-likeness (QED) is 0.370. The van der Waals surface area contributed by atoms with Crippen molar-refractivity contribution in [3.05, 3.63) is 102 Å². The lowest BCUT2D eigenvalue weighted by Crippen LogP contribution is -2.14. The summed E-state index contributed by atoms with van der Waals surface area (Å²) < 4.78 is 30.1. The minimum atomic E-state index is -3.74. The molecule has 0 aliphatic heterocycles. The molecule has 1 heterocycles. The van der Waals surface area contributed by atoms with Gasteiger partial charge in [0.25, 0.3) is 0 Å². The first-order valence-corrected chi connectivity index (χ1v) is 13.0. The van der Waals surface area contributed by atoms with Gasteiger partial charge in [-0.1, -0.05) is 78.9 Å². The lowest BCUT2D eigenvalue weighted by atomic mass is 9.83. The summed E-state index contributed by atoms with van der Waals surface area (Å²) in [5.41, 5.74) is 4.82. The maximum Gasteiger partial charge on any atom is 0.238 e. The fraction of sp³-hybridized carbons (Fsp3) is 0.179. The predicted octanol–water partition coefficient (Wildman–Crippen LogP) is 6.08. The van der Waals surface area contributed by atoms with Crippen molar-refractivity contribution in [2.75, 3.05) is 0 Å². The molecule has 0 fully saturated rings. The van der Waals surface area contributed by atoms with E-state index in [2.05, 4.69) is 6.08 Å². The number of nitrogens with two attached hydrogens (primary N) is 1. The van der Waals surface area contributed by atoms with Crippen LogP contribution in [0.3, 0.4) is 0 Å². The van der Waals surface area contributed by atoms with Gasteiger partial charge in [0.1, 0.15) is 5.69 Å². The number of oxazole rings is 1. The fourth-order valence-electron chi connectivity index (χ4n) is 4.57. The molecule has 1 aliphatic rings. The van der Waals surface area contributed by atoms with E-state index in [9.17, 15) is 8.42 Å². The number of hydrogen-bond acceptors (Lipinski definition) is 4. The zero-order valence-electron chi connectivity index (χ0n) is 18.7. The summed E-state index contributed by atoms with van der Waals surface area (Å²) in [6.07, 6.45) is 5.93. The van der Waals surface area contributed by atoms with Crippen LogP contribution in [0.4, 0.5) is 0 Å². The van der Waals surface area contributed by atoms with Gasteiger partial charge in [-0.05, 0) is 49.3 Å². The average Bonchev–Trinajstić information content (AvgIpc) is 3.31. The molecule has 0 spiro atoms. The van der Waals surface area contributed by atoms with E-state index in [0.717, 1.165) is 53.0 Å². The standard InChI is InChI=1S/C28H26N2O3S/c29-34(31,32)24-16-9-10-20(19-24)18-23-15-7-8-17-25(23)28-30-26(21-11-3-1-4-12-21)27(33-28)22-13-5-2-6-14-22/h1-6,9-14,16-17,19,23H,7-8,15,18H2,(H2,29,31,32). The number of hydrogen-bond donors (Lipinski definition) is 1. The molecular formula is C28H26N2O3S. The van der Waals surface area contributed by atoms with E-state index in [0.29, 0.717) is 12.3 Å². The van der Waals surface area contributed by atoms with Crippen molar-refractivity contribution in [1.29, 1.82) is 0 Å². The van der Waals surface area contributed by atoms with E-state index >= 15 is 0 Å². The second kappa shape index (κ2) is 9.41. The molecule has 5 rings (SSSR count). The summed E-state index contributed by atoms with van der Waals surface area (Å²) in [5, 5.41) is 5.34. The lowest BCUT2D eigenvalue weighted by Gasteiger charge is -2.22. The zero-order chi connectivity index (χ0) is 23.5. The largest absolute Gasteiger partial charge is 0.436 e. The van der Waals surface area contributed by atoms with Crippen molar-refractivity contribution in [1.82, 2.24) is 4.98 Å². The Labute approximate surface area is 200 Å². The van der Waals surface area contributed by atoms with Crippen LogP contribution in [-0.2, 0) is 16.4 Å². The minimum absolute atomic E-state index is 0.139. The third-order valence-electron chi connectivity index (χ3n) is 6.23. The van der Waals surface area contributed by atoms with E-state index in [1.165, 1.54) is 6.07 Å². The Kier molecular flexibility index (Phi) is 6.18. The van der Waals surface area contributed by atoms with Crippen molar-refractivity contribution in [3.63, 3.8) is 0 Å². The van der Waals surface area contributed by atoms with Gasteiger partial charge in [0.2, 0.25) is 15.9 Å². The van der Waals surface area contributed by atoms with E-state index in [1.807, 2.05) is 66.7 Å². The molecule has 1 aliphatic carbocycles. The van der Waals surface area contributed by atoms with Gasteiger partial charge in [-0.25, -0.2) is 18.5 Å². The van der Waals surface area contributed by atoms with Crippen molar-refractivity contribution in [2.24, 2.45) is 11.1 Å². The third-order valence-corrected chi connectivity index (χ3v) is 7.14. The summed E-state index contributed by atoms with van der Waals surface area (Å²) in [6.45, 7) is 0. The van der Waals surface area contributed by atoms with Crippen LogP contribution >= 0.6 is 0 Å². The van der Waals surface area contributed by atoms with Crippen LogP contribution in [0.2, 0.25) is 0 Å². The molecule has 5 nitrogen and oxygen atoms in total. The highest BCUT2D eigenvalue weighted by Gasteiger charge is 2.26. The molecule has 2 N–H and O–H groups in total. The van der Waals surface area contributed by atoms with Crippen molar-refractivity contribution < 1.29 is 12.8 Å². The number of aromatic nitrogens is 1. The number of benzene rings is 3. The Morgan fingerprint density at radius 2 is 1.62 bits per heavy atom. The Morgan fingerprint density at radius 1 is 0.912 bits per heavy atom. The van der Waals surface area contributed by atoms with Crippen LogP contribution in [-0.4, -0.2) is 13.4 Å². The van der Waals surface area contributed by atoms with Gasteiger partial charge in [0.05, 0.1) is 4.90 Å². The molecule has 0 amide bonds. The van der Waals surface area contributed by atoms with Gasteiger partial charge in [0, 0.05) is 16.7 Å². The van der Waals surface area contributed by atoms with E-state index < -0.39 is 10.0 Å². The molecule has 4 aromatic rings. The second-order valence-corrected chi connectivity index (χ2v) is 10.2. The van der Waals surface area contributed by atoms with E-state index in [4.69, 9.17) is 14.5 Å². The number of primary sulfonamides is 1. The molecule has 1 atom stereocenters. The number of sulfonamides is 1. The minimum Gasteiger partial charge on any atom is -0.436 e. The van der Waals surface area contributed by atoms with Gasteiger partial charge in [-0.15, -0.1) is 0 Å². The van der Waals surface area contributed by atoms with Crippen molar-refractivity contribution in [2.45, 2.75) is 30.6 Å². The Morgan fingerprint density at radius 3 is 2.32 bits per heavy atom. The molecule has 0 saturated carbocycles. The SMILES string of the molecule is NS(=O)(=O)c1cccc(CC2CCCC=C2c2nc(-c3ccccc3)c(-c3ccccc3)o2)c1. The molecule has 0 saturated heterocycles. The van der Waals surface area contributed by atoms with Gasteiger partial charge >= 0.3 is 0 Å². The van der Waals surface area contributed by atoms with Crippen LogP contribution in [0.1, 0.15) is 30.7 Å². The molecule has 3 aromatic carbocycles. The zero-order valence-corrected chi connectivity index (χ0v) is 19.5. The predicted molar refractivity (Wildman–Crippen MR) is 134 cm³/mol. The summed E-state index contributed by atoms with van der Waals surface area (Å²) >= 11 is 0. The highest BCUT2D eigenvalue weighted by atomic mass is 32.2. The highest BCUT2D eigenvalue weighted by molar-refractivity contribution is 7.89. The molecule has 172 valence electrons.